The molecular formula is C22H25N5O4S. The van der Waals surface area contributed by atoms with Gasteiger partial charge in [0.2, 0.25) is 5.91 Å². The third-order valence-corrected chi connectivity index (χ3v) is 5.61. The Morgan fingerprint density at radius 3 is 2.53 bits per heavy atom. The summed E-state index contributed by atoms with van der Waals surface area (Å²) in [4.78, 5) is 22.9. The molecule has 0 aliphatic carbocycles. The van der Waals surface area contributed by atoms with Crippen LogP contribution in [0.2, 0.25) is 0 Å². The molecule has 1 N–H and O–H groups in total. The van der Waals surface area contributed by atoms with Gasteiger partial charge in [0, 0.05) is 29.0 Å². The molecule has 3 rings (SSSR count). The Bertz CT molecular complexity index is 1110. The van der Waals surface area contributed by atoms with Gasteiger partial charge in [0.1, 0.15) is 5.75 Å². The van der Waals surface area contributed by atoms with Gasteiger partial charge in [-0.2, -0.15) is 0 Å². The quantitative estimate of drug-likeness (QED) is 0.309. The van der Waals surface area contributed by atoms with Crippen LogP contribution in [0.15, 0.2) is 53.7 Å². The zero-order valence-corrected chi connectivity index (χ0v) is 19.2. The van der Waals surface area contributed by atoms with Crippen LogP contribution in [-0.2, 0) is 17.1 Å². The van der Waals surface area contributed by atoms with E-state index in [9.17, 15) is 14.9 Å². The van der Waals surface area contributed by atoms with Crippen LogP contribution < -0.4 is 10.1 Å². The smallest absolute Gasteiger partial charge is 0.269 e. The first-order chi connectivity index (χ1) is 15.2. The highest BCUT2D eigenvalue weighted by Crippen LogP contribution is 2.27. The number of rotatable bonds is 8. The minimum Gasteiger partial charge on any atom is -0.497 e. The molecule has 0 saturated carbocycles. The second-order valence-electron chi connectivity index (χ2n) is 8.08. The summed E-state index contributed by atoms with van der Waals surface area (Å²) in [6, 6.07) is 13.9. The molecule has 10 heteroatoms. The molecule has 0 radical (unpaired) electrons. The summed E-state index contributed by atoms with van der Waals surface area (Å²) in [5.74, 6) is 1.81. The number of carbonyl (C=O) groups excluding carboxylic acids is 1. The Morgan fingerprint density at radius 1 is 1.19 bits per heavy atom. The van der Waals surface area contributed by atoms with Crippen molar-refractivity contribution in [1.82, 2.24) is 20.1 Å². The zero-order chi connectivity index (χ0) is 23.3. The number of nitro benzene ring substituents is 1. The number of methoxy groups -OCH3 is 1. The molecule has 3 aromatic rings. The predicted molar refractivity (Wildman–Crippen MR) is 122 cm³/mol. The minimum atomic E-state index is -0.540. The summed E-state index contributed by atoms with van der Waals surface area (Å²) >= 11 is 1.47. The van der Waals surface area contributed by atoms with E-state index >= 15 is 0 Å². The van der Waals surface area contributed by atoms with Gasteiger partial charge in [-0.25, -0.2) is 0 Å². The average Bonchev–Trinajstić information content (AvgIpc) is 3.18. The van der Waals surface area contributed by atoms with Crippen molar-refractivity contribution < 1.29 is 14.5 Å². The zero-order valence-electron chi connectivity index (χ0n) is 18.4. The van der Waals surface area contributed by atoms with Crippen LogP contribution in [0.4, 0.5) is 5.69 Å². The highest BCUT2D eigenvalue weighted by atomic mass is 32.2. The van der Waals surface area contributed by atoms with Gasteiger partial charge in [-0.15, -0.1) is 10.2 Å². The van der Waals surface area contributed by atoms with Gasteiger partial charge < -0.3 is 10.1 Å². The van der Waals surface area contributed by atoms with Crippen molar-refractivity contribution in [3.05, 3.63) is 70.0 Å². The van der Waals surface area contributed by atoms with Crippen LogP contribution in [0.3, 0.4) is 0 Å². The van der Waals surface area contributed by atoms with E-state index < -0.39 is 10.3 Å². The number of ether oxygens (including phenoxy) is 1. The third-order valence-electron chi connectivity index (χ3n) is 4.61. The monoisotopic (exact) mass is 455 g/mol. The number of nitro groups is 1. The molecule has 1 amide bonds. The van der Waals surface area contributed by atoms with Crippen LogP contribution >= 0.6 is 11.8 Å². The summed E-state index contributed by atoms with van der Waals surface area (Å²) in [5, 5.41) is 23.1. The SMILES string of the molecule is COc1cccc(CSc2nnc(CNC(=O)C(C)(C)C)n2-c2ccc([N+](=O)[O-])cc2)c1. The molecular weight excluding hydrogens is 430 g/mol. The number of nitrogens with one attached hydrogen (secondary N) is 1. The second kappa shape index (κ2) is 9.82. The molecule has 0 unspecified atom stereocenters. The van der Waals surface area contributed by atoms with E-state index in [0.29, 0.717) is 22.4 Å². The van der Waals surface area contributed by atoms with Gasteiger partial charge >= 0.3 is 0 Å². The van der Waals surface area contributed by atoms with Crippen molar-refractivity contribution in [3.63, 3.8) is 0 Å². The number of thioether (sulfide) groups is 1. The number of benzene rings is 2. The Kier molecular flexibility index (Phi) is 7.14. The van der Waals surface area contributed by atoms with Gasteiger partial charge in [-0.1, -0.05) is 44.7 Å². The minimum absolute atomic E-state index is 0.00464. The lowest BCUT2D eigenvalue weighted by molar-refractivity contribution is -0.384. The summed E-state index contributed by atoms with van der Waals surface area (Å²) in [5.41, 5.74) is 1.18. The lowest BCUT2D eigenvalue weighted by Crippen LogP contribution is -2.35. The van der Waals surface area contributed by atoms with Crippen molar-refractivity contribution in [2.24, 2.45) is 5.41 Å². The summed E-state index contributed by atoms with van der Waals surface area (Å²) in [7, 11) is 1.62. The van der Waals surface area contributed by atoms with Gasteiger partial charge in [-0.05, 0) is 29.8 Å². The van der Waals surface area contributed by atoms with Crippen LogP contribution in [0.25, 0.3) is 5.69 Å². The standard InChI is InChI=1S/C22H25N5O4S/c1-22(2,3)20(28)23-13-19-24-25-21(32-14-15-6-5-7-18(12-15)31-4)26(19)16-8-10-17(11-9-16)27(29)30/h5-12H,13-14H2,1-4H3,(H,23,28). The van der Waals surface area contributed by atoms with Crippen LogP contribution in [0.1, 0.15) is 32.2 Å². The lowest BCUT2D eigenvalue weighted by Gasteiger charge is -2.18. The van der Waals surface area contributed by atoms with Gasteiger partial charge in [-0.3, -0.25) is 19.5 Å². The van der Waals surface area contributed by atoms with E-state index in [1.807, 2.05) is 45.0 Å². The Balaban J connectivity index is 1.89. The maximum Gasteiger partial charge on any atom is 0.269 e. The lowest BCUT2D eigenvalue weighted by atomic mass is 9.96. The molecule has 0 aliphatic rings. The number of hydrogen-bond acceptors (Lipinski definition) is 7. The van der Waals surface area contributed by atoms with Gasteiger partial charge in [0.15, 0.2) is 11.0 Å². The predicted octanol–water partition coefficient (Wildman–Crippen LogP) is 4.14. The van der Waals surface area contributed by atoms with E-state index in [-0.39, 0.29) is 18.1 Å². The normalized spacial score (nSPS) is 11.2. The van der Waals surface area contributed by atoms with Crippen molar-refractivity contribution in [2.75, 3.05) is 7.11 Å². The Morgan fingerprint density at radius 2 is 1.91 bits per heavy atom. The fraction of sp³-hybridized carbons (Fsp3) is 0.318. The average molecular weight is 456 g/mol. The van der Waals surface area contributed by atoms with Crippen LogP contribution in [0.5, 0.6) is 5.75 Å². The molecule has 0 saturated heterocycles. The molecule has 1 heterocycles. The largest absolute Gasteiger partial charge is 0.497 e. The van der Waals surface area contributed by atoms with E-state index in [4.69, 9.17) is 4.74 Å². The Hall–Kier alpha value is -3.40. The van der Waals surface area contributed by atoms with E-state index in [1.54, 1.807) is 23.8 Å². The highest BCUT2D eigenvalue weighted by Gasteiger charge is 2.22. The van der Waals surface area contributed by atoms with Crippen molar-refractivity contribution in [2.45, 2.75) is 38.2 Å². The fourth-order valence-corrected chi connectivity index (χ4v) is 3.74. The van der Waals surface area contributed by atoms with Crippen molar-refractivity contribution >= 4 is 23.4 Å². The second-order valence-corrected chi connectivity index (χ2v) is 9.02. The summed E-state index contributed by atoms with van der Waals surface area (Å²) < 4.78 is 7.08. The molecule has 2 aromatic carbocycles. The van der Waals surface area contributed by atoms with Crippen molar-refractivity contribution in [1.29, 1.82) is 0 Å². The Labute approximate surface area is 190 Å². The first kappa shape index (κ1) is 23.3. The number of non-ortho nitro benzene ring substituents is 1. The number of aromatic nitrogens is 3. The third kappa shape index (κ3) is 5.64. The van der Waals surface area contributed by atoms with Gasteiger partial charge in [0.25, 0.3) is 5.69 Å². The maximum atomic E-state index is 12.3. The molecule has 0 spiro atoms. The summed E-state index contributed by atoms with van der Waals surface area (Å²) in [6.07, 6.45) is 0. The maximum absolute atomic E-state index is 12.3. The number of carbonyl (C=O) groups is 1. The molecule has 0 bridgehead atoms. The molecule has 32 heavy (non-hydrogen) atoms. The van der Waals surface area contributed by atoms with Gasteiger partial charge in [0.05, 0.1) is 18.6 Å². The molecule has 0 aliphatic heterocycles. The molecule has 0 fully saturated rings. The summed E-state index contributed by atoms with van der Waals surface area (Å²) in [6.45, 7) is 5.68. The van der Waals surface area contributed by atoms with E-state index in [2.05, 4.69) is 15.5 Å². The molecule has 9 nitrogen and oxygen atoms in total. The molecule has 1 aromatic heterocycles. The van der Waals surface area contributed by atoms with Crippen LogP contribution in [0, 0.1) is 15.5 Å². The van der Waals surface area contributed by atoms with E-state index in [0.717, 1.165) is 11.3 Å². The fourth-order valence-electron chi connectivity index (χ4n) is 2.83. The first-order valence-electron chi connectivity index (χ1n) is 9.92. The molecule has 168 valence electrons. The highest BCUT2D eigenvalue weighted by molar-refractivity contribution is 7.98. The topological polar surface area (TPSA) is 112 Å². The molecule has 0 atom stereocenters. The number of nitrogens with zero attached hydrogens (tertiary/aromatic N) is 4. The number of amides is 1. The van der Waals surface area contributed by atoms with Crippen LogP contribution in [-0.4, -0.2) is 32.7 Å². The first-order valence-corrected chi connectivity index (χ1v) is 10.9. The number of hydrogen-bond donors (Lipinski definition) is 1. The van der Waals surface area contributed by atoms with Crippen molar-refractivity contribution in [3.8, 4) is 11.4 Å². The van der Waals surface area contributed by atoms with E-state index in [1.165, 1.54) is 23.9 Å².